The van der Waals surface area contributed by atoms with E-state index in [0.29, 0.717) is 0 Å². The molecule has 3 N–H and O–H groups in total. The van der Waals surface area contributed by atoms with E-state index in [-0.39, 0.29) is 5.91 Å². The van der Waals surface area contributed by atoms with Crippen molar-refractivity contribution >= 4 is 33.6 Å². The van der Waals surface area contributed by atoms with Gasteiger partial charge in [0.2, 0.25) is 5.91 Å². The normalized spacial score (nSPS) is 13.9. The van der Waals surface area contributed by atoms with Gasteiger partial charge < -0.3 is 11.1 Å². The Morgan fingerprint density at radius 1 is 1.48 bits per heavy atom. The van der Waals surface area contributed by atoms with Crippen LogP contribution in [0.5, 0.6) is 0 Å². The van der Waals surface area contributed by atoms with Crippen molar-refractivity contribution in [3.63, 3.8) is 0 Å². The second-order valence-corrected chi connectivity index (χ2v) is 7.27. The van der Waals surface area contributed by atoms with E-state index in [4.69, 9.17) is 5.73 Å². The van der Waals surface area contributed by atoms with Crippen LogP contribution in [0.4, 0.5) is 0 Å². The molecule has 4 nitrogen and oxygen atoms in total. The van der Waals surface area contributed by atoms with Crippen LogP contribution in [0.25, 0.3) is 0 Å². The SMILES string of the molecule is CCCNC(C)(CCCCSc1ccc(Br)cn1)C(N)=O. The van der Waals surface area contributed by atoms with Crippen LogP contribution in [0.3, 0.4) is 0 Å². The number of hydrogen-bond acceptors (Lipinski definition) is 4. The molecule has 1 atom stereocenters. The summed E-state index contributed by atoms with van der Waals surface area (Å²) in [5.74, 6) is 0.732. The van der Waals surface area contributed by atoms with Crippen LogP contribution in [-0.2, 0) is 4.79 Å². The molecule has 0 saturated carbocycles. The number of aromatic nitrogens is 1. The van der Waals surface area contributed by atoms with Crippen LogP contribution in [0.1, 0.15) is 39.5 Å². The van der Waals surface area contributed by atoms with Gasteiger partial charge in [0, 0.05) is 10.7 Å². The van der Waals surface area contributed by atoms with Gasteiger partial charge in [-0.2, -0.15) is 0 Å². The van der Waals surface area contributed by atoms with Gasteiger partial charge in [0.05, 0.1) is 10.6 Å². The van der Waals surface area contributed by atoms with Gasteiger partial charge >= 0.3 is 0 Å². The summed E-state index contributed by atoms with van der Waals surface area (Å²) < 4.78 is 0.992. The number of nitrogens with zero attached hydrogens (tertiary/aromatic N) is 1. The topological polar surface area (TPSA) is 68.0 Å². The maximum Gasteiger partial charge on any atom is 0.237 e. The molecule has 1 aromatic rings. The van der Waals surface area contributed by atoms with Gasteiger partial charge in [-0.25, -0.2) is 4.98 Å². The van der Waals surface area contributed by atoms with E-state index in [1.54, 1.807) is 18.0 Å². The van der Waals surface area contributed by atoms with Gasteiger partial charge in [-0.05, 0) is 66.5 Å². The molecule has 118 valence electrons. The molecule has 1 rings (SSSR count). The highest BCUT2D eigenvalue weighted by Gasteiger charge is 2.29. The third-order valence-electron chi connectivity index (χ3n) is 3.33. The van der Waals surface area contributed by atoms with Crippen molar-refractivity contribution in [2.24, 2.45) is 5.73 Å². The summed E-state index contributed by atoms with van der Waals surface area (Å²) in [5, 5.41) is 4.29. The van der Waals surface area contributed by atoms with Crippen LogP contribution in [0.15, 0.2) is 27.8 Å². The van der Waals surface area contributed by atoms with Crippen molar-refractivity contribution < 1.29 is 4.79 Å². The van der Waals surface area contributed by atoms with Gasteiger partial charge in [0.15, 0.2) is 0 Å². The van der Waals surface area contributed by atoms with Crippen LogP contribution in [-0.4, -0.2) is 28.7 Å². The molecule has 1 unspecified atom stereocenters. The number of unbranched alkanes of at least 4 members (excludes halogenated alkanes) is 1. The van der Waals surface area contributed by atoms with E-state index in [2.05, 4.69) is 33.2 Å². The summed E-state index contributed by atoms with van der Waals surface area (Å²) in [6, 6.07) is 4.00. The maximum atomic E-state index is 11.6. The number of carbonyl (C=O) groups is 1. The molecule has 0 radical (unpaired) electrons. The minimum absolute atomic E-state index is 0.266. The van der Waals surface area contributed by atoms with Crippen molar-refractivity contribution in [3.8, 4) is 0 Å². The fraction of sp³-hybridized carbons (Fsp3) is 0.600. The molecule has 1 amide bonds. The number of primary amides is 1. The van der Waals surface area contributed by atoms with Crippen LogP contribution in [0.2, 0.25) is 0 Å². The second kappa shape index (κ2) is 9.43. The van der Waals surface area contributed by atoms with Crippen molar-refractivity contribution in [3.05, 3.63) is 22.8 Å². The Morgan fingerprint density at radius 3 is 2.81 bits per heavy atom. The molecule has 21 heavy (non-hydrogen) atoms. The Hall–Kier alpha value is -0.590. The highest BCUT2D eigenvalue weighted by Crippen LogP contribution is 2.20. The zero-order chi connectivity index (χ0) is 15.7. The Bertz CT molecular complexity index is 441. The molecule has 0 fully saturated rings. The van der Waals surface area contributed by atoms with Gasteiger partial charge in [-0.1, -0.05) is 13.3 Å². The first kappa shape index (κ1) is 18.5. The molecular formula is C15H24BrN3OS. The third-order valence-corrected chi connectivity index (χ3v) is 4.83. The zero-order valence-electron chi connectivity index (χ0n) is 12.7. The number of halogens is 1. The van der Waals surface area contributed by atoms with Crippen molar-refractivity contribution in [1.29, 1.82) is 0 Å². The zero-order valence-corrected chi connectivity index (χ0v) is 15.1. The predicted molar refractivity (Wildman–Crippen MR) is 92.4 cm³/mol. The molecule has 0 aliphatic rings. The first-order chi connectivity index (χ1) is 9.98. The summed E-state index contributed by atoms with van der Waals surface area (Å²) in [6.07, 6.45) is 5.59. The molecule has 1 aromatic heterocycles. The summed E-state index contributed by atoms with van der Waals surface area (Å²) in [5.41, 5.74) is 4.92. The first-order valence-corrected chi connectivity index (χ1v) is 9.05. The molecule has 0 bridgehead atoms. The minimum atomic E-state index is -0.587. The number of thioether (sulfide) groups is 1. The smallest absolute Gasteiger partial charge is 0.237 e. The molecule has 0 aromatic carbocycles. The summed E-state index contributed by atoms with van der Waals surface area (Å²) in [4.78, 5) is 15.9. The Kier molecular flexibility index (Phi) is 8.29. The molecule has 0 aliphatic heterocycles. The fourth-order valence-electron chi connectivity index (χ4n) is 1.90. The second-order valence-electron chi connectivity index (χ2n) is 5.24. The van der Waals surface area contributed by atoms with E-state index in [1.807, 2.05) is 19.1 Å². The van der Waals surface area contributed by atoms with E-state index in [0.717, 1.165) is 47.5 Å². The number of nitrogens with two attached hydrogens (primary N) is 1. The molecule has 0 aliphatic carbocycles. The van der Waals surface area contributed by atoms with E-state index in [9.17, 15) is 4.79 Å². The summed E-state index contributed by atoms with van der Waals surface area (Å²) in [7, 11) is 0. The number of nitrogens with one attached hydrogen (secondary N) is 1. The van der Waals surface area contributed by atoms with Gasteiger partial charge in [-0.3, -0.25) is 4.79 Å². The standard InChI is InChI=1S/C15H24BrN3OS/c1-3-9-19-15(2,14(17)20)8-4-5-10-21-13-7-6-12(16)11-18-13/h6-7,11,19H,3-5,8-10H2,1-2H3,(H2,17,20). The predicted octanol–water partition coefficient (Wildman–Crippen LogP) is 3.35. The van der Waals surface area contributed by atoms with E-state index >= 15 is 0 Å². The third kappa shape index (κ3) is 6.80. The highest BCUT2D eigenvalue weighted by molar-refractivity contribution is 9.10. The van der Waals surface area contributed by atoms with Crippen molar-refractivity contribution in [2.45, 2.75) is 50.1 Å². The largest absolute Gasteiger partial charge is 0.368 e. The molecular weight excluding hydrogens is 350 g/mol. The number of hydrogen-bond donors (Lipinski definition) is 2. The summed E-state index contributed by atoms with van der Waals surface area (Å²) in [6.45, 7) is 4.79. The van der Waals surface area contributed by atoms with Gasteiger partial charge in [-0.15, -0.1) is 11.8 Å². The monoisotopic (exact) mass is 373 g/mol. The fourth-order valence-corrected chi connectivity index (χ4v) is 2.99. The van der Waals surface area contributed by atoms with Crippen LogP contribution in [0, 0.1) is 0 Å². The first-order valence-electron chi connectivity index (χ1n) is 7.27. The molecule has 6 heteroatoms. The number of carbonyl (C=O) groups excluding carboxylic acids is 1. The average Bonchev–Trinajstić information content (AvgIpc) is 2.46. The average molecular weight is 374 g/mol. The molecule has 1 heterocycles. The Labute approximate surface area is 139 Å². The highest BCUT2D eigenvalue weighted by atomic mass is 79.9. The van der Waals surface area contributed by atoms with Gasteiger partial charge in [0.25, 0.3) is 0 Å². The lowest BCUT2D eigenvalue weighted by atomic mass is 9.94. The number of rotatable bonds is 10. The minimum Gasteiger partial charge on any atom is -0.368 e. The lowest BCUT2D eigenvalue weighted by molar-refractivity contribution is -0.124. The van der Waals surface area contributed by atoms with Crippen LogP contribution >= 0.6 is 27.7 Å². The molecule has 0 saturated heterocycles. The quantitative estimate of drug-likeness (QED) is 0.487. The lowest BCUT2D eigenvalue weighted by Crippen LogP contribution is -2.53. The van der Waals surface area contributed by atoms with E-state index < -0.39 is 5.54 Å². The van der Waals surface area contributed by atoms with Crippen LogP contribution < -0.4 is 11.1 Å². The Balaban J connectivity index is 2.28. The van der Waals surface area contributed by atoms with E-state index in [1.165, 1.54) is 0 Å². The maximum absolute atomic E-state index is 11.6. The van der Waals surface area contributed by atoms with Crippen molar-refractivity contribution in [1.82, 2.24) is 10.3 Å². The van der Waals surface area contributed by atoms with Crippen molar-refractivity contribution in [2.75, 3.05) is 12.3 Å². The Morgan fingerprint density at radius 2 is 2.24 bits per heavy atom. The summed E-state index contributed by atoms with van der Waals surface area (Å²) >= 11 is 5.11. The number of pyridine rings is 1. The number of amides is 1. The lowest BCUT2D eigenvalue weighted by Gasteiger charge is -2.27. The van der Waals surface area contributed by atoms with Gasteiger partial charge in [0.1, 0.15) is 0 Å². The molecule has 0 spiro atoms.